The molecule has 0 aliphatic carbocycles. The van der Waals surface area contributed by atoms with Crippen molar-refractivity contribution in [3.8, 4) is 5.75 Å². The molecule has 0 radical (unpaired) electrons. The molecule has 0 aliphatic heterocycles. The fourth-order valence-corrected chi connectivity index (χ4v) is 2.29. The highest BCUT2D eigenvalue weighted by Crippen LogP contribution is 2.27. The third-order valence-electron chi connectivity index (χ3n) is 2.65. The molecule has 19 heavy (non-hydrogen) atoms. The number of benzene rings is 2. The molecule has 3 nitrogen and oxygen atoms in total. The number of nitrogens with one attached hydrogen (secondary N) is 1. The number of amides is 1. The van der Waals surface area contributed by atoms with Crippen molar-refractivity contribution in [2.45, 2.75) is 6.92 Å². The van der Waals surface area contributed by atoms with Gasteiger partial charge in [-0.05, 0) is 75.3 Å². The summed E-state index contributed by atoms with van der Waals surface area (Å²) in [6, 6.07) is 10.5. The van der Waals surface area contributed by atoms with Crippen LogP contribution in [-0.2, 0) is 0 Å². The van der Waals surface area contributed by atoms with Crippen LogP contribution in [0.5, 0.6) is 5.75 Å². The highest BCUT2D eigenvalue weighted by Gasteiger charge is 2.10. The van der Waals surface area contributed by atoms with Crippen LogP contribution in [0.2, 0.25) is 0 Å². The van der Waals surface area contributed by atoms with Crippen LogP contribution in [0.4, 0.5) is 5.69 Å². The van der Waals surface area contributed by atoms with Crippen molar-refractivity contribution < 1.29 is 9.90 Å². The molecular formula is C14H11BrINO2. The molecule has 0 saturated heterocycles. The van der Waals surface area contributed by atoms with E-state index in [0.717, 1.165) is 10.0 Å². The van der Waals surface area contributed by atoms with E-state index in [2.05, 4.69) is 21.2 Å². The molecule has 0 heterocycles. The van der Waals surface area contributed by atoms with Gasteiger partial charge in [0.15, 0.2) is 0 Å². The predicted molar refractivity (Wildman–Crippen MR) is 87.7 cm³/mol. The van der Waals surface area contributed by atoms with E-state index in [1.165, 1.54) is 6.07 Å². The maximum absolute atomic E-state index is 12.1. The summed E-state index contributed by atoms with van der Waals surface area (Å²) in [5.41, 5.74) is 2.18. The first-order valence-electron chi connectivity index (χ1n) is 5.54. The van der Waals surface area contributed by atoms with Gasteiger partial charge in [0.05, 0.1) is 9.26 Å². The van der Waals surface area contributed by atoms with Gasteiger partial charge in [-0.1, -0.05) is 12.1 Å². The van der Waals surface area contributed by atoms with E-state index in [4.69, 9.17) is 0 Å². The van der Waals surface area contributed by atoms with Gasteiger partial charge >= 0.3 is 0 Å². The van der Waals surface area contributed by atoms with Crippen molar-refractivity contribution in [1.29, 1.82) is 0 Å². The van der Waals surface area contributed by atoms with Gasteiger partial charge in [0.25, 0.3) is 5.91 Å². The van der Waals surface area contributed by atoms with Gasteiger partial charge < -0.3 is 10.4 Å². The first-order chi connectivity index (χ1) is 8.99. The molecule has 1 amide bonds. The molecule has 0 saturated carbocycles. The number of carbonyl (C=O) groups is 1. The van der Waals surface area contributed by atoms with Crippen molar-refractivity contribution in [2.24, 2.45) is 0 Å². The van der Waals surface area contributed by atoms with Crippen LogP contribution in [0.3, 0.4) is 0 Å². The Bertz CT molecular complexity index is 643. The zero-order valence-corrected chi connectivity index (χ0v) is 13.8. The number of hydrogen-bond acceptors (Lipinski definition) is 2. The molecule has 2 aromatic carbocycles. The molecular weight excluding hydrogens is 421 g/mol. The van der Waals surface area contributed by atoms with Crippen LogP contribution < -0.4 is 5.32 Å². The van der Waals surface area contributed by atoms with Crippen molar-refractivity contribution in [3.63, 3.8) is 0 Å². The molecule has 0 atom stereocenters. The third-order valence-corrected chi connectivity index (χ3v) is 4.61. The number of aromatic hydroxyl groups is 1. The fraction of sp³-hybridized carbons (Fsp3) is 0.0714. The normalized spacial score (nSPS) is 10.3. The van der Waals surface area contributed by atoms with Crippen LogP contribution in [0, 0.1) is 10.5 Å². The van der Waals surface area contributed by atoms with Crippen molar-refractivity contribution in [3.05, 3.63) is 55.6 Å². The highest BCUT2D eigenvalue weighted by molar-refractivity contribution is 14.1. The number of phenolic OH excluding ortho intramolecular Hbond substituents is 1. The Hall–Kier alpha value is -1.08. The maximum Gasteiger partial charge on any atom is 0.255 e. The van der Waals surface area contributed by atoms with Gasteiger partial charge in [0.1, 0.15) is 5.75 Å². The second-order valence-electron chi connectivity index (χ2n) is 4.06. The average molecular weight is 432 g/mol. The molecule has 5 heteroatoms. The lowest BCUT2D eigenvalue weighted by Gasteiger charge is -2.09. The minimum Gasteiger partial charge on any atom is -0.507 e. The molecule has 0 bridgehead atoms. The lowest BCUT2D eigenvalue weighted by molar-refractivity contribution is 0.102. The number of halogens is 2. The lowest BCUT2D eigenvalue weighted by atomic mass is 10.2. The van der Waals surface area contributed by atoms with Crippen LogP contribution in [0.15, 0.2) is 40.9 Å². The van der Waals surface area contributed by atoms with Gasteiger partial charge in [0.2, 0.25) is 0 Å². The molecule has 0 fully saturated rings. The van der Waals surface area contributed by atoms with E-state index in [1.807, 2.05) is 47.7 Å². The topological polar surface area (TPSA) is 49.3 Å². The molecule has 0 aromatic heterocycles. The summed E-state index contributed by atoms with van der Waals surface area (Å²) >= 11 is 5.45. The second-order valence-corrected chi connectivity index (χ2v) is 6.01. The van der Waals surface area contributed by atoms with E-state index in [1.54, 1.807) is 12.1 Å². The average Bonchev–Trinajstić information content (AvgIpc) is 2.38. The smallest absolute Gasteiger partial charge is 0.255 e. The van der Waals surface area contributed by atoms with Crippen molar-refractivity contribution in [1.82, 2.24) is 0 Å². The zero-order chi connectivity index (χ0) is 14.0. The zero-order valence-electron chi connectivity index (χ0n) is 10.1. The summed E-state index contributed by atoms with van der Waals surface area (Å²) in [6.07, 6.45) is 0. The highest BCUT2D eigenvalue weighted by atomic mass is 127. The Kier molecular flexibility index (Phi) is 4.46. The van der Waals surface area contributed by atoms with E-state index in [-0.39, 0.29) is 11.7 Å². The summed E-state index contributed by atoms with van der Waals surface area (Å²) in [6.45, 7) is 1.95. The summed E-state index contributed by atoms with van der Waals surface area (Å²) in [5.74, 6) is -0.144. The van der Waals surface area contributed by atoms with Crippen molar-refractivity contribution >= 4 is 50.1 Å². The van der Waals surface area contributed by atoms with Crippen LogP contribution in [0.1, 0.15) is 15.9 Å². The number of hydrogen-bond donors (Lipinski definition) is 2. The van der Waals surface area contributed by atoms with E-state index in [9.17, 15) is 9.90 Å². The summed E-state index contributed by atoms with van der Waals surface area (Å²) in [7, 11) is 0. The van der Waals surface area contributed by atoms with Gasteiger partial charge in [0, 0.05) is 10.0 Å². The predicted octanol–water partition coefficient (Wildman–Crippen LogP) is 4.32. The number of phenols is 1. The number of rotatable bonds is 2. The molecule has 0 unspecified atom stereocenters. The summed E-state index contributed by atoms with van der Waals surface area (Å²) < 4.78 is 1.57. The Morgan fingerprint density at radius 2 is 2.05 bits per heavy atom. The summed E-state index contributed by atoms with van der Waals surface area (Å²) in [5, 5.41) is 12.4. The second kappa shape index (κ2) is 5.92. The number of anilines is 1. The molecule has 2 N–H and O–H groups in total. The van der Waals surface area contributed by atoms with Crippen LogP contribution in [0.25, 0.3) is 0 Å². The van der Waals surface area contributed by atoms with Crippen LogP contribution in [-0.4, -0.2) is 11.0 Å². The Labute approximate surface area is 133 Å². The van der Waals surface area contributed by atoms with E-state index in [0.29, 0.717) is 14.8 Å². The quantitative estimate of drug-likeness (QED) is 0.695. The standard InChI is InChI=1S/C14H11BrINO2/c1-8-3-2-4-11(13(8)15)17-14(19)9-5-6-10(16)12(18)7-9/h2-7,18H,1H3,(H,17,19). The SMILES string of the molecule is Cc1cccc(NC(=O)c2ccc(I)c(O)c2)c1Br. The van der Waals surface area contributed by atoms with Crippen LogP contribution >= 0.6 is 38.5 Å². The minimum atomic E-state index is -0.252. The van der Waals surface area contributed by atoms with E-state index >= 15 is 0 Å². The van der Waals surface area contributed by atoms with E-state index < -0.39 is 0 Å². The Morgan fingerprint density at radius 1 is 1.32 bits per heavy atom. The minimum absolute atomic E-state index is 0.108. The molecule has 0 spiro atoms. The first-order valence-corrected chi connectivity index (χ1v) is 7.41. The third kappa shape index (κ3) is 3.27. The number of carbonyl (C=O) groups excluding carboxylic acids is 1. The van der Waals surface area contributed by atoms with Gasteiger partial charge in [-0.25, -0.2) is 0 Å². The van der Waals surface area contributed by atoms with Gasteiger partial charge in [-0.2, -0.15) is 0 Å². The Morgan fingerprint density at radius 3 is 2.74 bits per heavy atom. The summed E-state index contributed by atoms with van der Waals surface area (Å²) in [4.78, 5) is 12.1. The Balaban J connectivity index is 2.26. The molecule has 2 rings (SSSR count). The fourth-order valence-electron chi connectivity index (χ4n) is 1.59. The lowest BCUT2D eigenvalue weighted by Crippen LogP contribution is -2.12. The molecule has 98 valence electrons. The number of aryl methyl sites for hydroxylation is 1. The van der Waals surface area contributed by atoms with Gasteiger partial charge in [-0.3, -0.25) is 4.79 Å². The molecule has 0 aliphatic rings. The van der Waals surface area contributed by atoms with Crippen molar-refractivity contribution in [2.75, 3.05) is 5.32 Å². The monoisotopic (exact) mass is 431 g/mol. The largest absolute Gasteiger partial charge is 0.507 e. The van der Waals surface area contributed by atoms with Gasteiger partial charge in [-0.15, -0.1) is 0 Å². The first kappa shape index (κ1) is 14.3. The maximum atomic E-state index is 12.1. The molecule has 2 aromatic rings.